The Morgan fingerprint density at radius 2 is 2.00 bits per heavy atom. The minimum absolute atomic E-state index is 0.172. The smallest absolute Gasteiger partial charge is 0.159 e. The van der Waals surface area contributed by atoms with E-state index in [4.69, 9.17) is 0 Å². The number of sulfone groups is 1. The first kappa shape index (κ1) is 13.0. The molecule has 2 atom stereocenters. The summed E-state index contributed by atoms with van der Waals surface area (Å²) in [5.41, 5.74) is 4.32. The van der Waals surface area contributed by atoms with Gasteiger partial charge in [-0.25, -0.2) is 8.42 Å². The minimum Gasteiger partial charge on any atom is -0.253 e. The maximum absolute atomic E-state index is 12.1. The zero-order valence-electron chi connectivity index (χ0n) is 11.9. The van der Waals surface area contributed by atoms with E-state index in [9.17, 15) is 8.42 Å². The molecular weight excluding hydrogens is 282 g/mol. The molecule has 4 heteroatoms. The maximum Gasteiger partial charge on any atom is 0.159 e. The van der Waals surface area contributed by atoms with Crippen LogP contribution in [0, 0.1) is 6.92 Å². The summed E-state index contributed by atoms with van der Waals surface area (Å²) in [6.07, 6.45) is 4.22. The van der Waals surface area contributed by atoms with Crippen LogP contribution in [-0.2, 0) is 9.84 Å². The molecule has 0 spiro atoms. The number of hydrogen-bond donors (Lipinski definition) is 0. The van der Waals surface area contributed by atoms with Crippen LogP contribution in [0.2, 0.25) is 0 Å². The fourth-order valence-electron chi connectivity index (χ4n) is 3.50. The highest BCUT2D eigenvalue weighted by atomic mass is 32.2. The molecule has 0 radical (unpaired) electrons. The number of aromatic nitrogens is 1. The molecule has 2 aliphatic heterocycles. The van der Waals surface area contributed by atoms with Crippen LogP contribution in [-0.4, -0.2) is 23.9 Å². The second-order valence-corrected chi connectivity index (χ2v) is 8.53. The Labute approximate surface area is 124 Å². The van der Waals surface area contributed by atoms with Crippen molar-refractivity contribution in [3.05, 3.63) is 47.7 Å². The highest BCUT2D eigenvalue weighted by Gasteiger charge is 2.43. The molecule has 1 saturated heterocycles. The summed E-state index contributed by atoms with van der Waals surface area (Å²) in [5.74, 6) is 0. The SMILES string of the molecule is Cc1ccc2cc(C3=CC4CCC(C3)S4(=O)=O)ccc2n1. The van der Waals surface area contributed by atoms with Crippen molar-refractivity contribution >= 4 is 26.3 Å². The summed E-state index contributed by atoms with van der Waals surface area (Å²) in [6, 6.07) is 10.3. The Morgan fingerprint density at radius 3 is 2.81 bits per heavy atom. The third-order valence-electron chi connectivity index (χ3n) is 4.69. The molecular formula is C17H17NO2S. The van der Waals surface area contributed by atoms with Crippen molar-refractivity contribution in [1.29, 1.82) is 0 Å². The molecule has 1 fully saturated rings. The largest absolute Gasteiger partial charge is 0.253 e. The molecule has 21 heavy (non-hydrogen) atoms. The van der Waals surface area contributed by atoms with E-state index in [1.54, 1.807) is 0 Å². The van der Waals surface area contributed by atoms with E-state index in [0.717, 1.165) is 35.0 Å². The van der Waals surface area contributed by atoms with Crippen LogP contribution in [0.1, 0.15) is 30.5 Å². The van der Waals surface area contributed by atoms with E-state index in [0.29, 0.717) is 6.42 Å². The number of benzene rings is 1. The summed E-state index contributed by atoms with van der Waals surface area (Å²) >= 11 is 0. The number of hydrogen-bond acceptors (Lipinski definition) is 3. The van der Waals surface area contributed by atoms with Gasteiger partial charge >= 0.3 is 0 Å². The van der Waals surface area contributed by atoms with Gasteiger partial charge in [0.15, 0.2) is 9.84 Å². The van der Waals surface area contributed by atoms with Gasteiger partial charge in [-0.2, -0.15) is 0 Å². The summed E-state index contributed by atoms with van der Waals surface area (Å²) < 4.78 is 24.3. The topological polar surface area (TPSA) is 47.0 Å². The van der Waals surface area contributed by atoms with Crippen LogP contribution in [0.25, 0.3) is 16.5 Å². The van der Waals surface area contributed by atoms with Crippen LogP contribution in [0.15, 0.2) is 36.4 Å². The summed E-state index contributed by atoms with van der Waals surface area (Å²) in [4.78, 5) is 4.51. The quantitative estimate of drug-likeness (QED) is 0.812. The van der Waals surface area contributed by atoms with Crippen molar-refractivity contribution in [2.45, 2.75) is 36.7 Å². The summed E-state index contributed by atoms with van der Waals surface area (Å²) in [6.45, 7) is 1.99. The Hall–Kier alpha value is -1.68. The Kier molecular flexibility index (Phi) is 2.73. The lowest BCUT2D eigenvalue weighted by Gasteiger charge is -2.20. The normalized spacial score (nSPS) is 26.8. The van der Waals surface area contributed by atoms with Crippen LogP contribution < -0.4 is 0 Å². The second-order valence-electron chi connectivity index (χ2n) is 6.08. The monoisotopic (exact) mass is 299 g/mol. The Bertz CT molecular complexity index is 867. The van der Waals surface area contributed by atoms with Gasteiger partial charge in [-0.15, -0.1) is 0 Å². The summed E-state index contributed by atoms with van der Waals surface area (Å²) in [5, 5.41) is 0.673. The van der Waals surface area contributed by atoms with Gasteiger partial charge in [-0.3, -0.25) is 4.98 Å². The molecule has 1 aromatic heterocycles. The van der Waals surface area contributed by atoms with E-state index in [-0.39, 0.29) is 10.5 Å². The van der Waals surface area contributed by atoms with Crippen molar-refractivity contribution in [3.8, 4) is 0 Å². The number of aryl methyl sites for hydroxylation is 1. The predicted molar refractivity (Wildman–Crippen MR) is 84.8 cm³/mol. The third kappa shape index (κ3) is 2.01. The third-order valence-corrected chi connectivity index (χ3v) is 7.24. The molecule has 0 N–H and O–H groups in total. The van der Waals surface area contributed by atoms with Gasteiger partial charge < -0.3 is 0 Å². The molecule has 108 valence electrons. The van der Waals surface area contributed by atoms with Gasteiger partial charge in [0.1, 0.15) is 0 Å². The highest BCUT2D eigenvalue weighted by Crippen LogP contribution is 2.41. The van der Waals surface area contributed by atoms with E-state index < -0.39 is 9.84 Å². The van der Waals surface area contributed by atoms with Crippen molar-refractivity contribution in [2.24, 2.45) is 0 Å². The minimum atomic E-state index is -2.91. The van der Waals surface area contributed by atoms with Crippen LogP contribution in [0.4, 0.5) is 0 Å². The predicted octanol–water partition coefficient (Wildman–Crippen LogP) is 3.28. The molecule has 0 amide bonds. The van der Waals surface area contributed by atoms with Crippen molar-refractivity contribution in [3.63, 3.8) is 0 Å². The van der Waals surface area contributed by atoms with Gasteiger partial charge in [0.2, 0.25) is 0 Å². The maximum atomic E-state index is 12.1. The Morgan fingerprint density at radius 1 is 1.14 bits per heavy atom. The van der Waals surface area contributed by atoms with Crippen molar-refractivity contribution < 1.29 is 8.42 Å². The zero-order chi connectivity index (χ0) is 14.6. The van der Waals surface area contributed by atoms with Gasteiger partial charge in [-0.1, -0.05) is 18.2 Å². The second kappa shape index (κ2) is 4.41. The number of fused-ring (bicyclic) bond motifs is 3. The standard InChI is InChI=1S/C17H17NO2S/c1-11-2-3-13-8-12(4-7-17(13)18-11)14-9-15-5-6-16(10-14)21(15,19)20/h2-4,7-9,15-16H,5-6,10H2,1H3. The zero-order valence-corrected chi connectivity index (χ0v) is 12.7. The average Bonchev–Trinajstić information content (AvgIpc) is 2.67. The fourth-order valence-corrected chi connectivity index (χ4v) is 5.69. The van der Waals surface area contributed by atoms with Gasteiger partial charge in [-0.05, 0) is 55.5 Å². The fraction of sp³-hybridized carbons (Fsp3) is 0.353. The molecule has 4 rings (SSSR count). The van der Waals surface area contributed by atoms with Gasteiger partial charge in [0.05, 0.1) is 16.0 Å². The molecule has 0 aliphatic carbocycles. The molecule has 1 aromatic carbocycles. The molecule has 2 aliphatic rings. The van der Waals surface area contributed by atoms with E-state index >= 15 is 0 Å². The number of nitrogens with zero attached hydrogens (tertiary/aromatic N) is 1. The molecule has 3 nitrogen and oxygen atoms in total. The lowest BCUT2D eigenvalue weighted by Crippen LogP contribution is -2.26. The first-order valence-corrected chi connectivity index (χ1v) is 8.96. The lowest BCUT2D eigenvalue weighted by atomic mass is 9.99. The number of pyridine rings is 1. The lowest BCUT2D eigenvalue weighted by molar-refractivity contribution is 0.585. The van der Waals surface area contributed by atoms with E-state index in [1.807, 2.05) is 25.1 Å². The molecule has 2 aromatic rings. The first-order chi connectivity index (χ1) is 10.0. The molecule has 3 heterocycles. The van der Waals surface area contributed by atoms with E-state index in [2.05, 4.69) is 23.2 Å². The molecule has 2 bridgehead atoms. The van der Waals surface area contributed by atoms with Crippen molar-refractivity contribution in [1.82, 2.24) is 4.98 Å². The summed E-state index contributed by atoms with van der Waals surface area (Å²) in [7, 11) is -2.91. The van der Waals surface area contributed by atoms with Gasteiger partial charge in [0.25, 0.3) is 0 Å². The Balaban J connectivity index is 1.79. The van der Waals surface area contributed by atoms with Gasteiger partial charge in [0, 0.05) is 11.1 Å². The average molecular weight is 299 g/mol. The highest BCUT2D eigenvalue weighted by molar-refractivity contribution is 7.93. The van der Waals surface area contributed by atoms with E-state index in [1.165, 1.54) is 5.57 Å². The number of allylic oxidation sites excluding steroid dienone is 1. The molecule has 2 unspecified atom stereocenters. The number of rotatable bonds is 1. The first-order valence-electron chi connectivity index (χ1n) is 7.35. The molecule has 0 saturated carbocycles. The van der Waals surface area contributed by atoms with Crippen LogP contribution >= 0.6 is 0 Å². The van der Waals surface area contributed by atoms with Crippen LogP contribution in [0.3, 0.4) is 0 Å². The van der Waals surface area contributed by atoms with Crippen molar-refractivity contribution in [2.75, 3.05) is 0 Å². The van der Waals surface area contributed by atoms with Crippen LogP contribution in [0.5, 0.6) is 0 Å².